The van der Waals surface area contributed by atoms with Gasteiger partial charge in [0.25, 0.3) is 0 Å². The Morgan fingerprint density at radius 3 is 2.29 bits per heavy atom. The topological polar surface area (TPSA) is 74.1 Å². The molecule has 3 aromatic rings. The van der Waals surface area contributed by atoms with Crippen molar-refractivity contribution in [2.45, 2.75) is 55.4 Å². The highest BCUT2D eigenvalue weighted by Crippen LogP contribution is 2.32. The third-order valence-corrected chi connectivity index (χ3v) is 7.65. The molecule has 1 aliphatic heterocycles. The van der Waals surface area contributed by atoms with Crippen LogP contribution in [-0.4, -0.2) is 36.2 Å². The Bertz CT molecular complexity index is 1210. The Labute approximate surface area is 192 Å². The van der Waals surface area contributed by atoms with E-state index in [1.54, 1.807) is 12.1 Å². The zero-order valence-corrected chi connectivity index (χ0v) is 20.1. The number of pyridine rings is 1. The van der Waals surface area contributed by atoms with Gasteiger partial charge < -0.3 is 9.30 Å². The fraction of sp³-hybridized carbons (Fsp3) is 0.455. The molecule has 0 bridgehead atoms. The van der Waals surface area contributed by atoms with E-state index >= 15 is 0 Å². The van der Waals surface area contributed by atoms with E-state index < -0.39 is 9.84 Å². The molecule has 2 aromatic heterocycles. The molecule has 3 heterocycles. The summed E-state index contributed by atoms with van der Waals surface area (Å²) in [6.45, 7) is 8.76. The standard InChI is InChI=1S/C22H25Cl2N3O3S/c1-22(2,3)21-25-17-10-15(31(28,29)16-11-19(23)26-20(24)12-16)4-5-18(17)27(21)13-14-6-8-30-9-7-14/h4-5,10-12,14H,6-9,13H2,1-3H3. The summed E-state index contributed by atoms with van der Waals surface area (Å²) in [6, 6.07) is 7.69. The average molecular weight is 482 g/mol. The third-order valence-electron chi connectivity index (χ3n) is 5.53. The molecule has 1 aromatic carbocycles. The Morgan fingerprint density at radius 2 is 1.68 bits per heavy atom. The van der Waals surface area contributed by atoms with Gasteiger partial charge in [0.05, 0.1) is 20.8 Å². The second-order valence-corrected chi connectivity index (χ2v) is 11.7. The summed E-state index contributed by atoms with van der Waals surface area (Å²) in [5.74, 6) is 1.45. The van der Waals surface area contributed by atoms with Crippen molar-refractivity contribution >= 4 is 44.1 Å². The van der Waals surface area contributed by atoms with E-state index in [0.717, 1.165) is 43.9 Å². The number of fused-ring (bicyclic) bond motifs is 1. The number of halogens is 2. The van der Waals surface area contributed by atoms with Crippen LogP contribution in [0, 0.1) is 5.92 Å². The second kappa shape index (κ2) is 8.35. The minimum absolute atomic E-state index is 0.00883. The first-order chi connectivity index (χ1) is 14.6. The van der Waals surface area contributed by atoms with E-state index in [1.807, 2.05) is 6.07 Å². The zero-order valence-electron chi connectivity index (χ0n) is 17.7. The van der Waals surface area contributed by atoms with Crippen LogP contribution in [0.4, 0.5) is 0 Å². The smallest absolute Gasteiger partial charge is 0.206 e. The maximum atomic E-state index is 13.2. The molecule has 0 saturated carbocycles. The normalized spacial score (nSPS) is 16.2. The van der Waals surface area contributed by atoms with Crippen molar-refractivity contribution in [3.8, 4) is 0 Å². The molecule has 0 spiro atoms. The van der Waals surface area contributed by atoms with Crippen molar-refractivity contribution < 1.29 is 13.2 Å². The predicted octanol–water partition coefficient (Wildman–Crippen LogP) is 5.30. The third kappa shape index (κ3) is 4.60. The van der Waals surface area contributed by atoms with E-state index in [-0.39, 0.29) is 25.5 Å². The Hall–Kier alpha value is -1.67. The van der Waals surface area contributed by atoms with Crippen LogP contribution in [0.3, 0.4) is 0 Å². The lowest BCUT2D eigenvalue weighted by atomic mass is 9.94. The molecule has 1 saturated heterocycles. The molecule has 0 N–H and O–H groups in total. The van der Waals surface area contributed by atoms with Crippen LogP contribution in [0.1, 0.15) is 39.4 Å². The molecule has 31 heavy (non-hydrogen) atoms. The quantitative estimate of drug-likeness (QED) is 0.472. The summed E-state index contributed by atoms with van der Waals surface area (Å²) in [5.41, 5.74) is 1.40. The number of hydrogen-bond acceptors (Lipinski definition) is 5. The molecule has 166 valence electrons. The van der Waals surface area contributed by atoms with Crippen LogP contribution in [0.2, 0.25) is 10.3 Å². The maximum Gasteiger partial charge on any atom is 0.206 e. The molecule has 1 aliphatic rings. The van der Waals surface area contributed by atoms with Gasteiger partial charge in [0, 0.05) is 25.2 Å². The van der Waals surface area contributed by atoms with Gasteiger partial charge in [0.1, 0.15) is 16.1 Å². The minimum Gasteiger partial charge on any atom is -0.381 e. The van der Waals surface area contributed by atoms with E-state index in [9.17, 15) is 8.42 Å². The van der Waals surface area contributed by atoms with Gasteiger partial charge in [0.2, 0.25) is 9.84 Å². The summed E-state index contributed by atoms with van der Waals surface area (Å²) in [6.07, 6.45) is 2.03. The number of rotatable bonds is 4. The Kier molecular flexibility index (Phi) is 6.07. The molecular formula is C22H25Cl2N3O3S. The number of hydrogen-bond donors (Lipinski definition) is 0. The van der Waals surface area contributed by atoms with Gasteiger partial charge in [-0.2, -0.15) is 0 Å². The molecular weight excluding hydrogens is 457 g/mol. The van der Waals surface area contributed by atoms with Gasteiger partial charge >= 0.3 is 0 Å². The summed E-state index contributed by atoms with van der Waals surface area (Å²) < 4.78 is 34.1. The number of ether oxygens (including phenoxy) is 1. The number of benzene rings is 1. The molecule has 0 unspecified atom stereocenters. The van der Waals surface area contributed by atoms with Crippen LogP contribution in [-0.2, 0) is 26.5 Å². The van der Waals surface area contributed by atoms with Crippen LogP contribution in [0.15, 0.2) is 40.1 Å². The van der Waals surface area contributed by atoms with Gasteiger partial charge in [-0.25, -0.2) is 18.4 Å². The van der Waals surface area contributed by atoms with Crippen LogP contribution in [0.5, 0.6) is 0 Å². The van der Waals surface area contributed by atoms with Crippen molar-refractivity contribution in [1.29, 1.82) is 0 Å². The zero-order chi connectivity index (χ0) is 22.4. The highest BCUT2D eigenvalue weighted by atomic mass is 35.5. The number of aromatic nitrogens is 3. The fourth-order valence-electron chi connectivity index (χ4n) is 3.96. The van der Waals surface area contributed by atoms with E-state index in [1.165, 1.54) is 12.1 Å². The van der Waals surface area contributed by atoms with Gasteiger partial charge in [0.15, 0.2) is 0 Å². The number of nitrogens with zero attached hydrogens (tertiary/aromatic N) is 3. The van der Waals surface area contributed by atoms with E-state index in [4.69, 9.17) is 32.9 Å². The fourth-order valence-corrected chi connectivity index (χ4v) is 5.87. The van der Waals surface area contributed by atoms with E-state index in [2.05, 4.69) is 30.3 Å². The summed E-state index contributed by atoms with van der Waals surface area (Å²) in [7, 11) is -3.82. The average Bonchev–Trinajstić information content (AvgIpc) is 3.06. The molecule has 1 fully saturated rings. The maximum absolute atomic E-state index is 13.2. The lowest BCUT2D eigenvalue weighted by Gasteiger charge is -2.26. The molecule has 0 radical (unpaired) electrons. The number of sulfone groups is 1. The molecule has 0 amide bonds. The highest BCUT2D eigenvalue weighted by molar-refractivity contribution is 7.91. The molecule has 4 rings (SSSR count). The van der Waals surface area contributed by atoms with Crippen molar-refractivity contribution in [1.82, 2.24) is 14.5 Å². The first kappa shape index (κ1) is 22.5. The van der Waals surface area contributed by atoms with Crippen molar-refractivity contribution in [3.05, 3.63) is 46.5 Å². The predicted molar refractivity (Wildman–Crippen MR) is 122 cm³/mol. The lowest BCUT2D eigenvalue weighted by molar-refractivity contribution is 0.0611. The Morgan fingerprint density at radius 1 is 1.03 bits per heavy atom. The SMILES string of the molecule is CC(C)(C)c1nc2cc(S(=O)(=O)c3cc(Cl)nc(Cl)c3)ccc2n1CC1CCOCC1. The van der Waals surface area contributed by atoms with Crippen LogP contribution < -0.4 is 0 Å². The van der Waals surface area contributed by atoms with Crippen molar-refractivity contribution in [2.75, 3.05) is 13.2 Å². The highest BCUT2D eigenvalue weighted by Gasteiger charge is 2.27. The summed E-state index contributed by atoms with van der Waals surface area (Å²) >= 11 is 11.8. The van der Waals surface area contributed by atoms with Crippen LogP contribution >= 0.6 is 23.2 Å². The van der Waals surface area contributed by atoms with Crippen molar-refractivity contribution in [3.63, 3.8) is 0 Å². The van der Waals surface area contributed by atoms with Gasteiger partial charge in [-0.05, 0) is 49.1 Å². The monoisotopic (exact) mass is 481 g/mol. The lowest BCUT2D eigenvalue weighted by Crippen LogP contribution is -2.25. The van der Waals surface area contributed by atoms with Gasteiger partial charge in [-0.3, -0.25) is 0 Å². The minimum atomic E-state index is -3.82. The van der Waals surface area contributed by atoms with Crippen molar-refractivity contribution in [2.24, 2.45) is 5.92 Å². The largest absolute Gasteiger partial charge is 0.381 e. The first-order valence-corrected chi connectivity index (χ1v) is 12.5. The van der Waals surface area contributed by atoms with Crippen LogP contribution in [0.25, 0.3) is 11.0 Å². The molecule has 6 nitrogen and oxygen atoms in total. The second-order valence-electron chi connectivity index (χ2n) is 8.95. The molecule has 0 atom stereocenters. The summed E-state index contributed by atoms with van der Waals surface area (Å²) in [4.78, 5) is 8.84. The Balaban J connectivity index is 1.80. The molecule has 0 aliphatic carbocycles. The summed E-state index contributed by atoms with van der Waals surface area (Å²) in [5, 5.41) is 0.0609. The number of imidazole rings is 1. The van der Waals surface area contributed by atoms with Gasteiger partial charge in [-0.1, -0.05) is 44.0 Å². The van der Waals surface area contributed by atoms with Gasteiger partial charge in [-0.15, -0.1) is 0 Å². The van der Waals surface area contributed by atoms with E-state index in [0.29, 0.717) is 11.4 Å². The first-order valence-electron chi connectivity index (χ1n) is 10.2. The molecule has 9 heteroatoms.